The molecule has 1 heterocycles. The van der Waals surface area contributed by atoms with Crippen LogP contribution in [-0.4, -0.2) is 18.7 Å². The van der Waals surface area contributed by atoms with Crippen molar-refractivity contribution in [3.63, 3.8) is 0 Å². The second kappa shape index (κ2) is 12.5. The first-order valence-electron chi connectivity index (χ1n) is 13.5. The minimum Gasteiger partial charge on any atom is -0.493 e. The zero-order valence-corrected chi connectivity index (χ0v) is 24.4. The molecular weight excluding hydrogens is 505 g/mol. The van der Waals surface area contributed by atoms with Crippen LogP contribution in [0.25, 0.3) is 11.3 Å². The van der Waals surface area contributed by atoms with Crippen LogP contribution in [-0.2, 0) is 23.4 Å². The summed E-state index contributed by atoms with van der Waals surface area (Å²) in [6, 6.07) is 20.5. The Morgan fingerprint density at radius 3 is 2.25 bits per heavy atom. The zero-order chi connectivity index (χ0) is 28.9. The largest absolute Gasteiger partial charge is 0.493 e. The van der Waals surface area contributed by atoms with Crippen molar-refractivity contribution in [1.82, 2.24) is 4.98 Å². The lowest BCUT2D eigenvalue weighted by Crippen LogP contribution is -2.12. The Morgan fingerprint density at radius 2 is 1.57 bits per heavy atom. The van der Waals surface area contributed by atoms with Gasteiger partial charge in [-0.15, -0.1) is 0 Å². The maximum absolute atomic E-state index is 13.9. The van der Waals surface area contributed by atoms with Crippen molar-refractivity contribution in [2.45, 2.75) is 60.2 Å². The fraction of sp³-hybridized carbons (Fsp3) is 0.324. The third-order valence-corrected chi connectivity index (χ3v) is 6.74. The molecule has 5 nitrogen and oxygen atoms in total. The number of aryl methyl sites for hydroxylation is 2. The molecule has 0 amide bonds. The van der Waals surface area contributed by atoms with Crippen molar-refractivity contribution in [3.05, 3.63) is 100 Å². The van der Waals surface area contributed by atoms with Crippen LogP contribution < -0.4 is 14.2 Å². The van der Waals surface area contributed by atoms with Gasteiger partial charge in [-0.1, -0.05) is 57.2 Å². The van der Waals surface area contributed by atoms with Crippen LogP contribution >= 0.6 is 0 Å². The van der Waals surface area contributed by atoms with Gasteiger partial charge in [0.1, 0.15) is 23.9 Å². The molecule has 3 aromatic carbocycles. The van der Waals surface area contributed by atoms with E-state index in [1.165, 1.54) is 19.2 Å². The third-order valence-electron chi connectivity index (χ3n) is 6.74. The number of hydrogen-bond acceptors (Lipinski definition) is 5. The average Bonchev–Trinajstić information content (AvgIpc) is 2.92. The highest BCUT2D eigenvalue weighted by molar-refractivity contribution is 5.74. The Labute approximate surface area is 236 Å². The minimum atomic E-state index is -0.397. The molecule has 4 aromatic rings. The summed E-state index contributed by atoms with van der Waals surface area (Å²) in [6.45, 7) is 13.9. The van der Waals surface area contributed by atoms with Crippen molar-refractivity contribution < 1.29 is 23.3 Å². The van der Waals surface area contributed by atoms with Gasteiger partial charge < -0.3 is 18.9 Å². The van der Waals surface area contributed by atoms with Gasteiger partial charge in [0.25, 0.3) is 0 Å². The number of methoxy groups -OCH3 is 1. The molecule has 0 spiro atoms. The molecule has 0 aliphatic rings. The maximum Gasteiger partial charge on any atom is 0.169 e. The molecule has 0 atom stereocenters. The number of ether oxygens (including phenoxy) is 4. The molecule has 1 aromatic heterocycles. The van der Waals surface area contributed by atoms with Gasteiger partial charge >= 0.3 is 0 Å². The van der Waals surface area contributed by atoms with E-state index in [-0.39, 0.29) is 5.41 Å². The van der Waals surface area contributed by atoms with Crippen LogP contribution in [0.15, 0.2) is 66.7 Å². The highest BCUT2D eigenvalue weighted by Crippen LogP contribution is 2.43. The van der Waals surface area contributed by atoms with Gasteiger partial charge in [-0.05, 0) is 61.1 Å². The van der Waals surface area contributed by atoms with E-state index in [1.807, 2.05) is 56.3 Å². The summed E-state index contributed by atoms with van der Waals surface area (Å²) in [5, 5.41) is 0. The smallest absolute Gasteiger partial charge is 0.169 e. The quantitative estimate of drug-likeness (QED) is 0.200. The predicted molar refractivity (Wildman–Crippen MR) is 157 cm³/mol. The van der Waals surface area contributed by atoms with Crippen LogP contribution in [0, 0.1) is 19.7 Å². The Kier molecular flexibility index (Phi) is 9.10. The molecule has 0 radical (unpaired) electrons. The summed E-state index contributed by atoms with van der Waals surface area (Å²) in [5.41, 5.74) is 6.33. The van der Waals surface area contributed by atoms with Gasteiger partial charge in [0.2, 0.25) is 0 Å². The summed E-state index contributed by atoms with van der Waals surface area (Å²) >= 11 is 0. The van der Waals surface area contributed by atoms with Crippen LogP contribution in [0.3, 0.4) is 0 Å². The van der Waals surface area contributed by atoms with E-state index in [4.69, 9.17) is 23.9 Å². The number of benzene rings is 3. The maximum atomic E-state index is 13.9. The first-order valence-corrected chi connectivity index (χ1v) is 13.5. The van der Waals surface area contributed by atoms with Crippen molar-refractivity contribution in [3.8, 4) is 34.3 Å². The molecule has 0 fully saturated rings. The number of aromatic nitrogens is 1. The van der Waals surface area contributed by atoms with Crippen LogP contribution in [0.5, 0.6) is 23.0 Å². The standard InChI is InChI=1S/C34H38FNO4/c1-8-38-21-27-23(3)36-28(19-30(27)39-20-24-12-10-9-11-13-24)33-22(2)16-25(34(4,5)6)17-32(33)40-29-15-14-26(35)18-31(29)37-7/h9-19H,8,20-21H2,1-7H3. The average molecular weight is 544 g/mol. The Hall–Kier alpha value is -3.90. The van der Waals surface area contributed by atoms with E-state index in [0.29, 0.717) is 42.8 Å². The molecule has 40 heavy (non-hydrogen) atoms. The normalized spacial score (nSPS) is 11.4. The minimum absolute atomic E-state index is 0.122. The van der Waals surface area contributed by atoms with Gasteiger partial charge in [0, 0.05) is 35.6 Å². The molecule has 0 unspecified atom stereocenters. The summed E-state index contributed by atoms with van der Waals surface area (Å²) < 4.78 is 38.0. The van der Waals surface area contributed by atoms with Crippen LogP contribution in [0.2, 0.25) is 0 Å². The van der Waals surface area contributed by atoms with Crippen LogP contribution in [0.4, 0.5) is 4.39 Å². The molecule has 0 N–H and O–H groups in total. The summed E-state index contributed by atoms with van der Waals surface area (Å²) in [6.07, 6.45) is 0. The van der Waals surface area contributed by atoms with E-state index in [0.717, 1.165) is 39.2 Å². The van der Waals surface area contributed by atoms with E-state index in [1.54, 1.807) is 6.07 Å². The van der Waals surface area contributed by atoms with E-state index < -0.39 is 5.82 Å². The zero-order valence-electron chi connectivity index (χ0n) is 24.4. The molecule has 0 aliphatic heterocycles. The molecule has 0 bridgehead atoms. The first-order chi connectivity index (χ1) is 19.1. The fourth-order valence-electron chi connectivity index (χ4n) is 4.48. The van der Waals surface area contributed by atoms with Crippen molar-refractivity contribution in [1.29, 1.82) is 0 Å². The number of nitrogens with zero attached hydrogens (tertiary/aromatic N) is 1. The lowest BCUT2D eigenvalue weighted by molar-refractivity contribution is 0.130. The van der Waals surface area contributed by atoms with E-state index in [2.05, 4.69) is 33.8 Å². The lowest BCUT2D eigenvalue weighted by Gasteiger charge is -2.24. The second-order valence-electron chi connectivity index (χ2n) is 10.8. The van der Waals surface area contributed by atoms with Crippen LogP contribution in [0.1, 0.15) is 55.6 Å². The summed E-state index contributed by atoms with van der Waals surface area (Å²) in [5.74, 6) is 1.65. The Morgan fingerprint density at radius 1 is 0.825 bits per heavy atom. The van der Waals surface area contributed by atoms with Gasteiger partial charge in [-0.3, -0.25) is 4.98 Å². The number of rotatable bonds is 10. The highest BCUT2D eigenvalue weighted by Gasteiger charge is 2.23. The van der Waals surface area contributed by atoms with E-state index >= 15 is 0 Å². The van der Waals surface area contributed by atoms with Gasteiger partial charge in [-0.25, -0.2) is 4.39 Å². The number of pyridine rings is 1. The van der Waals surface area contributed by atoms with Crippen molar-refractivity contribution in [2.24, 2.45) is 0 Å². The molecule has 210 valence electrons. The van der Waals surface area contributed by atoms with Crippen molar-refractivity contribution >= 4 is 0 Å². The number of hydrogen-bond donors (Lipinski definition) is 0. The third kappa shape index (κ3) is 6.80. The molecule has 0 saturated carbocycles. The Bertz CT molecular complexity index is 1460. The van der Waals surface area contributed by atoms with Gasteiger partial charge in [0.15, 0.2) is 11.5 Å². The predicted octanol–water partition coefficient (Wildman–Crippen LogP) is 8.72. The monoisotopic (exact) mass is 543 g/mol. The fourth-order valence-corrected chi connectivity index (χ4v) is 4.48. The number of halogens is 1. The summed E-state index contributed by atoms with van der Waals surface area (Å²) in [4.78, 5) is 4.99. The molecular formula is C34H38FNO4. The van der Waals surface area contributed by atoms with Gasteiger partial charge in [-0.2, -0.15) is 0 Å². The molecule has 0 saturated heterocycles. The second-order valence-corrected chi connectivity index (χ2v) is 10.8. The van der Waals surface area contributed by atoms with Gasteiger partial charge in [0.05, 0.1) is 19.4 Å². The van der Waals surface area contributed by atoms with Crippen molar-refractivity contribution in [2.75, 3.05) is 13.7 Å². The SMILES string of the molecule is CCOCc1c(OCc2ccccc2)cc(-c2c(C)cc(C(C)(C)C)cc2Oc2ccc(F)cc2OC)nc1C. The lowest BCUT2D eigenvalue weighted by atomic mass is 9.84. The first kappa shape index (κ1) is 29.1. The van der Waals surface area contributed by atoms with E-state index in [9.17, 15) is 4.39 Å². The molecule has 0 aliphatic carbocycles. The topological polar surface area (TPSA) is 49.8 Å². The Balaban J connectivity index is 1.86. The molecule has 4 rings (SSSR count). The highest BCUT2D eigenvalue weighted by atomic mass is 19.1. The molecule has 6 heteroatoms. The summed E-state index contributed by atoms with van der Waals surface area (Å²) in [7, 11) is 1.50.